The summed E-state index contributed by atoms with van der Waals surface area (Å²) in [5, 5.41) is 9.83. The highest BCUT2D eigenvalue weighted by Gasteiger charge is 2.25. The molecule has 4 nitrogen and oxygen atoms in total. The maximum absolute atomic E-state index is 10.6. The molecule has 0 fully saturated rings. The van der Waals surface area contributed by atoms with Crippen LogP contribution in [0.3, 0.4) is 0 Å². The molecule has 0 bridgehead atoms. The molecule has 0 unspecified atom stereocenters. The Morgan fingerprint density at radius 1 is 1.50 bits per heavy atom. The van der Waals surface area contributed by atoms with E-state index in [0.717, 1.165) is 0 Å². The summed E-state index contributed by atoms with van der Waals surface area (Å²) < 4.78 is 0. The van der Waals surface area contributed by atoms with Crippen molar-refractivity contribution in [3.05, 3.63) is 22.3 Å². The van der Waals surface area contributed by atoms with Crippen LogP contribution in [0.4, 0.5) is 0 Å². The van der Waals surface area contributed by atoms with Crippen molar-refractivity contribution in [2.24, 2.45) is 5.92 Å². The molecule has 0 saturated heterocycles. The van der Waals surface area contributed by atoms with E-state index in [9.17, 15) is 14.9 Å². The third-order valence-electron chi connectivity index (χ3n) is 1.90. The van der Waals surface area contributed by atoms with Crippen LogP contribution in [0.1, 0.15) is 12.8 Å². The van der Waals surface area contributed by atoms with Crippen LogP contribution in [0.15, 0.2) is 12.2 Å². The first-order chi connectivity index (χ1) is 5.61. The summed E-state index contributed by atoms with van der Waals surface area (Å²) >= 11 is 5.22. The first kappa shape index (κ1) is 9.19. The number of halogens is 1. The molecule has 5 heteroatoms. The fraction of sp³-hybridized carbons (Fsp3) is 0.571. The molecule has 0 radical (unpaired) electrons. The minimum absolute atomic E-state index is 0.331. The Hall–Kier alpha value is -0.900. The molecule has 0 spiro atoms. The van der Waals surface area contributed by atoms with Gasteiger partial charge in [0.1, 0.15) is 0 Å². The lowest BCUT2D eigenvalue weighted by Gasteiger charge is -2.14. The number of hydrogen-bond acceptors (Lipinski definition) is 3. The Bertz CT molecular complexity index is 215. The van der Waals surface area contributed by atoms with Gasteiger partial charge in [-0.05, 0) is 24.1 Å². The van der Waals surface area contributed by atoms with E-state index in [1.807, 2.05) is 0 Å². The molecule has 2 atom stereocenters. The first-order valence-electron chi connectivity index (χ1n) is 3.62. The average Bonchev–Trinajstić information content (AvgIpc) is 2.04. The van der Waals surface area contributed by atoms with Crippen molar-refractivity contribution in [3.63, 3.8) is 0 Å². The highest BCUT2D eigenvalue weighted by atomic mass is 35.5. The van der Waals surface area contributed by atoms with Crippen molar-refractivity contribution in [2.75, 3.05) is 0 Å². The summed E-state index contributed by atoms with van der Waals surface area (Å²) in [4.78, 5) is 20.5. The van der Waals surface area contributed by atoms with E-state index < -0.39 is 11.3 Å². The third-order valence-corrected chi connectivity index (χ3v) is 2.18. The van der Waals surface area contributed by atoms with E-state index in [0.29, 0.717) is 12.8 Å². The van der Waals surface area contributed by atoms with Crippen molar-refractivity contribution in [3.8, 4) is 0 Å². The summed E-state index contributed by atoms with van der Waals surface area (Å²) in [6.07, 6.45) is 3.83. The topological polar surface area (TPSA) is 60.2 Å². The molecule has 0 N–H and O–H groups in total. The molecule has 12 heavy (non-hydrogen) atoms. The second-order valence-electron chi connectivity index (χ2n) is 2.73. The van der Waals surface area contributed by atoms with E-state index in [1.54, 1.807) is 0 Å². The molecule has 1 aliphatic carbocycles. The molecular weight excluding hydrogens is 182 g/mol. The van der Waals surface area contributed by atoms with Crippen LogP contribution in [-0.4, -0.2) is 16.2 Å². The van der Waals surface area contributed by atoms with Crippen molar-refractivity contribution in [1.29, 1.82) is 0 Å². The molecule has 0 heterocycles. The van der Waals surface area contributed by atoms with E-state index in [1.165, 1.54) is 12.2 Å². The first-order valence-corrected chi connectivity index (χ1v) is 4.00. The van der Waals surface area contributed by atoms with E-state index in [-0.39, 0.29) is 10.8 Å². The Balaban J connectivity index is 2.59. The van der Waals surface area contributed by atoms with Gasteiger partial charge < -0.3 is 0 Å². The van der Waals surface area contributed by atoms with Gasteiger partial charge in [0.2, 0.25) is 11.3 Å². The lowest BCUT2D eigenvalue weighted by molar-refractivity contribution is -0.511. The van der Waals surface area contributed by atoms with Gasteiger partial charge in [-0.15, -0.1) is 0 Å². The normalized spacial score (nSPS) is 28.4. The lowest BCUT2D eigenvalue weighted by atomic mass is 9.94. The van der Waals surface area contributed by atoms with Crippen LogP contribution in [0.25, 0.3) is 0 Å². The van der Waals surface area contributed by atoms with Crippen LogP contribution < -0.4 is 0 Å². The predicted molar refractivity (Wildman–Crippen MR) is 43.5 cm³/mol. The maximum atomic E-state index is 10.6. The minimum Gasteiger partial charge on any atom is -0.281 e. The van der Waals surface area contributed by atoms with Gasteiger partial charge in [-0.2, -0.15) is 0 Å². The van der Waals surface area contributed by atoms with Gasteiger partial charge in [-0.25, -0.2) is 0 Å². The summed E-state index contributed by atoms with van der Waals surface area (Å²) in [7, 11) is 0. The number of nitro groups is 1. The zero-order valence-electron chi connectivity index (χ0n) is 6.27. The number of rotatable bonds is 2. The second kappa shape index (κ2) is 3.67. The molecule has 0 aromatic carbocycles. The Labute approximate surface area is 74.4 Å². The van der Waals surface area contributed by atoms with Gasteiger partial charge in [0.15, 0.2) is 0 Å². The largest absolute Gasteiger partial charge is 0.281 e. The quantitative estimate of drug-likeness (QED) is 0.285. The summed E-state index contributed by atoms with van der Waals surface area (Å²) in [6, 6.07) is -0.641. The fourth-order valence-corrected chi connectivity index (χ4v) is 1.35. The summed E-state index contributed by atoms with van der Waals surface area (Å²) in [6.45, 7) is 0. The average molecular weight is 190 g/mol. The predicted octanol–water partition coefficient (Wildman–Crippen LogP) is 1.36. The molecule has 66 valence electrons. The molecular formula is C7H8ClNO3. The smallest absolute Gasteiger partial charge is 0.231 e. The van der Waals surface area contributed by atoms with Crippen molar-refractivity contribution in [2.45, 2.75) is 18.9 Å². The van der Waals surface area contributed by atoms with E-state index in [2.05, 4.69) is 0 Å². The van der Waals surface area contributed by atoms with Crippen molar-refractivity contribution >= 4 is 16.8 Å². The van der Waals surface area contributed by atoms with Crippen LogP contribution in [0.2, 0.25) is 0 Å². The molecule has 1 aliphatic rings. The van der Waals surface area contributed by atoms with Gasteiger partial charge in [-0.3, -0.25) is 14.9 Å². The molecule has 0 saturated carbocycles. The maximum Gasteiger partial charge on any atom is 0.231 e. The third kappa shape index (κ3) is 2.04. The van der Waals surface area contributed by atoms with Crippen LogP contribution in [0, 0.1) is 16.0 Å². The minimum atomic E-state index is -0.641. The molecule has 0 amide bonds. The van der Waals surface area contributed by atoms with E-state index in [4.69, 9.17) is 11.6 Å². The number of nitrogens with zero attached hydrogens (tertiary/aromatic N) is 1. The monoisotopic (exact) mass is 189 g/mol. The highest BCUT2D eigenvalue weighted by molar-refractivity contribution is 6.64. The molecule has 0 aromatic rings. The highest BCUT2D eigenvalue weighted by Crippen LogP contribution is 2.20. The summed E-state index contributed by atoms with van der Waals surface area (Å²) in [5.41, 5.74) is 0. The van der Waals surface area contributed by atoms with Gasteiger partial charge in [-0.1, -0.05) is 6.08 Å². The molecule has 1 rings (SSSR count). The second-order valence-corrected chi connectivity index (χ2v) is 3.10. The number of allylic oxidation sites excluding steroid dienone is 1. The molecule has 0 aliphatic heterocycles. The number of carbonyl (C=O) groups is 1. The lowest BCUT2D eigenvalue weighted by Crippen LogP contribution is -2.23. The number of hydrogen-bond donors (Lipinski definition) is 0. The zero-order chi connectivity index (χ0) is 9.14. The fourth-order valence-electron chi connectivity index (χ4n) is 1.17. The molecule has 0 aromatic heterocycles. The van der Waals surface area contributed by atoms with Crippen LogP contribution >= 0.6 is 11.6 Å². The Morgan fingerprint density at radius 2 is 2.17 bits per heavy atom. The van der Waals surface area contributed by atoms with Crippen molar-refractivity contribution < 1.29 is 9.72 Å². The standard InChI is InChI=1S/C7H8ClNO3/c8-7(10)5-1-3-6(4-2-5)9(11)12/h1,3,5-6H,2,4H2/t5-,6+/m1/s1. The van der Waals surface area contributed by atoms with Crippen LogP contribution in [-0.2, 0) is 4.79 Å². The van der Waals surface area contributed by atoms with Gasteiger partial charge in [0.05, 0.1) is 5.92 Å². The van der Waals surface area contributed by atoms with Gasteiger partial charge in [0.25, 0.3) is 0 Å². The summed E-state index contributed by atoms with van der Waals surface area (Å²) in [5.74, 6) is -0.331. The SMILES string of the molecule is O=C(Cl)[C@@H]1C=C[C@H]([N+](=O)[O-])CC1. The van der Waals surface area contributed by atoms with Gasteiger partial charge in [0, 0.05) is 11.3 Å². The van der Waals surface area contributed by atoms with Gasteiger partial charge >= 0.3 is 0 Å². The van der Waals surface area contributed by atoms with E-state index >= 15 is 0 Å². The Morgan fingerprint density at radius 3 is 2.50 bits per heavy atom. The van der Waals surface area contributed by atoms with Crippen molar-refractivity contribution in [1.82, 2.24) is 0 Å². The number of carbonyl (C=O) groups excluding carboxylic acids is 1. The zero-order valence-corrected chi connectivity index (χ0v) is 7.03. The van der Waals surface area contributed by atoms with Crippen LogP contribution in [0.5, 0.6) is 0 Å². The Kier molecular flexibility index (Phi) is 2.81.